The maximum absolute atomic E-state index is 12.8. The molecule has 1 unspecified atom stereocenters. The molecular formula is C30H25N3O3. The van der Waals surface area contributed by atoms with E-state index in [0.29, 0.717) is 11.5 Å². The molecule has 36 heavy (non-hydrogen) atoms. The van der Waals surface area contributed by atoms with Crippen LogP contribution in [0.15, 0.2) is 96.1 Å². The van der Waals surface area contributed by atoms with Crippen molar-refractivity contribution in [2.24, 2.45) is 5.10 Å². The Hall–Kier alpha value is -4.58. The predicted molar refractivity (Wildman–Crippen MR) is 142 cm³/mol. The van der Waals surface area contributed by atoms with Crippen LogP contribution in [0.1, 0.15) is 16.8 Å². The first-order valence-electron chi connectivity index (χ1n) is 11.9. The van der Waals surface area contributed by atoms with Crippen LogP contribution in [0, 0.1) is 6.92 Å². The number of hydrogen-bond donors (Lipinski definition) is 1. The Balaban J connectivity index is 1.20. The molecule has 1 aliphatic heterocycles. The molecule has 6 nitrogen and oxygen atoms in total. The van der Waals surface area contributed by atoms with Gasteiger partial charge in [0.1, 0.15) is 6.61 Å². The second kappa shape index (κ2) is 9.23. The summed E-state index contributed by atoms with van der Waals surface area (Å²) in [5, 5.41) is 7.46. The zero-order chi connectivity index (χ0) is 24.5. The summed E-state index contributed by atoms with van der Waals surface area (Å²) in [6, 6.07) is 30.4. The topological polar surface area (TPSA) is 64.8 Å². The number of para-hydroxylation sites is 1. The highest BCUT2D eigenvalue weighted by molar-refractivity contribution is 6.01. The number of fused-ring (bicyclic) bond motifs is 3. The molecule has 6 heteroatoms. The molecule has 0 saturated carbocycles. The molecule has 1 aliphatic rings. The van der Waals surface area contributed by atoms with E-state index in [4.69, 9.17) is 9.47 Å². The Morgan fingerprint density at radius 1 is 0.972 bits per heavy atom. The van der Waals surface area contributed by atoms with Gasteiger partial charge >= 0.3 is 0 Å². The van der Waals surface area contributed by atoms with Gasteiger partial charge in [0.15, 0.2) is 11.5 Å². The van der Waals surface area contributed by atoms with Gasteiger partial charge in [0.25, 0.3) is 5.91 Å². The number of rotatable bonds is 5. The van der Waals surface area contributed by atoms with E-state index in [1.54, 1.807) is 6.21 Å². The van der Waals surface area contributed by atoms with E-state index in [-0.39, 0.29) is 12.5 Å². The first-order valence-corrected chi connectivity index (χ1v) is 11.9. The van der Waals surface area contributed by atoms with Gasteiger partial charge in [0.2, 0.25) is 6.10 Å². The highest BCUT2D eigenvalue weighted by Crippen LogP contribution is 2.36. The first kappa shape index (κ1) is 21.9. The van der Waals surface area contributed by atoms with Crippen LogP contribution in [0.4, 0.5) is 0 Å². The Bertz CT molecular complexity index is 1600. The number of carbonyl (C=O) groups excluding carboxylic acids is 1. The first-order chi connectivity index (χ1) is 17.7. The molecule has 0 aliphatic carbocycles. The standard InChI is InChI=1S/C30H25N3O3/c1-20-25(24-13-7-8-14-26(24)33(20)18-21-9-3-2-4-10-21)17-31-32-30(34)29-19-35-27-15-22-11-5-6-12-23(22)16-28(27)36-29/h2-17,29H,18-19H2,1H3,(H,32,34)/b31-17+. The molecule has 0 radical (unpaired) electrons. The number of nitrogens with one attached hydrogen (secondary N) is 1. The van der Waals surface area contributed by atoms with Gasteiger partial charge in [-0.3, -0.25) is 4.79 Å². The van der Waals surface area contributed by atoms with E-state index >= 15 is 0 Å². The lowest BCUT2D eigenvalue weighted by molar-refractivity contribution is -0.130. The van der Waals surface area contributed by atoms with Crippen molar-refractivity contribution >= 4 is 33.8 Å². The van der Waals surface area contributed by atoms with Crippen LogP contribution in [0.5, 0.6) is 11.5 Å². The highest BCUT2D eigenvalue weighted by Gasteiger charge is 2.27. The average Bonchev–Trinajstić information content (AvgIpc) is 3.18. The summed E-state index contributed by atoms with van der Waals surface area (Å²) in [6.07, 6.45) is 0.929. The van der Waals surface area contributed by atoms with E-state index < -0.39 is 6.10 Å². The van der Waals surface area contributed by atoms with Gasteiger partial charge in [-0.05, 0) is 41.5 Å². The lowest BCUT2D eigenvalue weighted by atomic mass is 10.1. The second-order valence-electron chi connectivity index (χ2n) is 8.89. The quantitative estimate of drug-likeness (QED) is 0.272. The molecule has 0 saturated heterocycles. The number of hydrazone groups is 1. The predicted octanol–water partition coefficient (Wildman–Crippen LogP) is 5.44. The van der Waals surface area contributed by atoms with Crippen molar-refractivity contribution in [2.75, 3.05) is 6.61 Å². The van der Waals surface area contributed by atoms with Gasteiger partial charge in [0.05, 0.1) is 6.21 Å². The Labute approximate surface area is 208 Å². The lowest BCUT2D eigenvalue weighted by Crippen LogP contribution is -2.42. The fraction of sp³-hybridized carbons (Fsp3) is 0.133. The van der Waals surface area contributed by atoms with E-state index in [9.17, 15) is 4.79 Å². The minimum Gasteiger partial charge on any atom is -0.485 e. The van der Waals surface area contributed by atoms with Crippen LogP contribution >= 0.6 is 0 Å². The Morgan fingerprint density at radius 2 is 1.67 bits per heavy atom. The van der Waals surface area contributed by atoms with Gasteiger partial charge in [0, 0.05) is 28.7 Å². The molecule has 5 aromatic rings. The smallest absolute Gasteiger partial charge is 0.284 e. The molecular weight excluding hydrogens is 450 g/mol. The average molecular weight is 476 g/mol. The molecule has 0 bridgehead atoms. The fourth-order valence-corrected chi connectivity index (χ4v) is 4.71. The molecule has 1 N–H and O–H groups in total. The molecule has 0 spiro atoms. The minimum atomic E-state index is -0.781. The van der Waals surface area contributed by atoms with Gasteiger partial charge < -0.3 is 14.0 Å². The van der Waals surface area contributed by atoms with Crippen LogP contribution in [0.3, 0.4) is 0 Å². The molecule has 1 atom stereocenters. The van der Waals surface area contributed by atoms with Gasteiger partial charge in [-0.1, -0.05) is 72.8 Å². The Morgan fingerprint density at radius 3 is 2.47 bits per heavy atom. The molecule has 4 aromatic carbocycles. The van der Waals surface area contributed by atoms with Crippen molar-refractivity contribution < 1.29 is 14.3 Å². The van der Waals surface area contributed by atoms with Crippen molar-refractivity contribution in [3.05, 3.63) is 108 Å². The third-order valence-electron chi connectivity index (χ3n) is 6.60. The third kappa shape index (κ3) is 4.07. The van der Waals surface area contributed by atoms with Crippen LogP contribution in [-0.2, 0) is 11.3 Å². The molecule has 0 fully saturated rings. The summed E-state index contributed by atoms with van der Waals surface area (Å²) in [6.45, 7) is 2.96. The second-order valence-corrected chi connectivity index (χ2v) is 8.89. The van der Waals surface area contributed by atoms with Crippen molar-refractivity contribution in [3.8, 4) is 11.5 Å². The molecule has 1 aromatic heterocycles. The fourth-order valence-electron chi connectivity index (χ4n) is 4.71. The van der Waals surface area contributed by atoms with Gasteiger partial charge in [-0.25, -0.2) is 5.43 Å². The van der Waals surface area contributed by atoms with Crippen molar-refractivity contribution in [2.45, 2.75) is 19.6 Å². The maximum Gasteiger partial charge on any atom is 0.284 e. The number of amides is 1. The monoisotopic (exact) mass is 475 g/mol. The Kier molecular flexibility index (Phi) is 5.62. The van der Waals surface area contributed by atoms with Crippen molar-refractivity contribution in [1.82, 2.24) is 9.99 Å². The zero-order valence-electron chi connectivity index (χ0n) is 19.8. The summed E-state index contributed by atoms with van der Waals surface area (Å²) in [7, 11) is 0. The largest absolute Gasteiger partial charge is 0.485 e. The number of hydrogen-bond acceptors (Lipinski definition) is 4. The number of nitrogens with zero attached hydrogens (tertiary/aromatic N) is 2. The van der Waals surface area contributed by atoms with Crippen LogP contribution in [0.25, 0.3) is 21.7 Å². The normalized spacial score (nSPS) is 15.0. The summed E-state index contributed by atoms with van der Waals surface area (Å²) >= 11 is 0. The van der Waals surface area contributed by atoms with Crippen molar-refractivity contribution in [3.63, 3.8) is 0 Å². The summed E-state index contributed by atoms with van der Waals surface area (Å²) < 4.78 is 14.1. The minimum absolute atomic E-state index is 0.127. The number of aromatic nitrogens is 1. The maximum atomic E-state index is 12.8. The number of ether oxygens (including phenoxy) is 2. The third-order valence-corrected chi connectivity index (χ3v) is 6.60. The van der Waals surface area contributed by atoms with Crippen LogP contribution < -0.4 is 14.9 Å². The number of carbonyl (C=O) groups is 1. The number of benzene rings is 4. The summed E-state index contributed by atoms with van der Waals surface area (Å²) in [4.78, 5) is 12.8. The van der Waals surface area contributed by atoms with Crippen LogP contribution in [0.2, 0.25) is 0 Å². The molecule has 1 amide bonds. The van der Waals surface area contributed by atoms with E-state index in [2.05, 4.69) is 46.3 Å². The highest BCUT2D eigenvalue weighted by atomic mass is 16.6. The van der Waals surface area contributed by atoms with Gasteiger partial charge in [-0.2, -0.15) is 5.10 Å². The van der Waals surface area contributed by atoms with Crippen molar-refractivity contribution in [1.29, 1.82) is 0 Å². The lowest BCUT2D eigenvalue weighted by Gasteiger charge is -2.25. The molecule has 2 heterocycles. The summed E-state index contributed by atoms with van der Waals surface area (Å²) in [5.74, 6) is 0.850. The zero-order valence-corrected chi connectivity index (χ0v) is 19.8. The SMILES string of the molecule is Cc1c(/C=N/NC(=O)C2COc3cc4ccccc4cc3O2)c2ccccc2n1Cc1ccccc1. The van der Waals surface area contributed by atoms with E-state index in [1.165, 1.54) is 5.56 Å². The van der Waals surface area contributed by atoms with E-state index in [1.807, 2.05) is 66.7 Å². The molecule has 178 valence electrons. The van der Waals surface area contributed by atoms with Crippen LogP contribution in [-0.4, -0.2) is 29.4 Å². The van der Waals surface area contributed by atoms with Gasteiger partial charge in [-0.15, -0.1) is 0 Å². The molecule has 6 rings (SSSR count). The van der Waals surface area contributed by atoms with E-state index in [0.717, 1.165) is 39.5 Å². The summed E-state index contributed by atoms with van der Waals surface area (Å²) in [5.41, 5.74) is 7.03.